The van der Waals surface area contributed by atoms with Gasteiger partial charge in [0, 0.05) is 5.39 Å². The van der Waals surface area contributed by atoms with E-state index in [1.54, 1.807) is 0 Å². The first kappa shape index (κ1) is 12.9. The molecule has 0 radical (unpaired) electrons. The Morgan fingerprint density at radius 3 is 2.61 bits per heavy atom. The molecule has 96 valence electrons. The molecular weight excluding hydrogens is 317 g/mol. The summed E-state index contributed by atoms with van der Waals surface area (Å²) in [4.78, 5) is 11.3. The number of methoxy groups -OCH3 is 1. The third-order valence-corrected chi connectivity index (χ3v) is 2.94. The summed E-state index contributed by atoms with van der Waals surface area (Å²) < 4.78 is 47.7. The van der Waals surface area contributed by atoms with Crippen molar-refractivity contribution in [2.45, 2.75) is 6.18 Å². The number of furan rings is 1. The number of fused-ring (bicyclic) bond motifs is 1. The number of alkyl halides is 3. The van der Waals surface area contributed by atoms with Gasteiger partial charge in [-0.1, -0.05) is 0 Å². The fourth-order valence-corrected chi connectivity index (χ4v) is 2.10. The van der Waals surface area contributed by atoms with Gasteiger partial charge in [0.25, 0.3) is 0 Å². The lowest BCUT2D eigenvalue weighted by Crippen LogP contribution is -2.05. The fraction of sp³-hybridized carbons (Fsp3) is 0.182. The van der Waals surface area contributed by atoms with Gasteiger partial charge in [-0.05, 0) is 28.1 Å². The second kappa shape index (κ2) is 4.31. The summed E-state index contributed by atoms with van der Waals surface area (Å²) in [6.07, 6.45) is -3.92. The maximum Gasteiger partial charge on any atom is 0.420 e. The minimum atomic E-state index is -4.54. The molecule has 1 aromatic carbocycles. The molecule has 0 amide bonds. The van der Waals surface area contributed by atoms with Crippen LogP contribution in [-0.2, 0) is 10.9 Å². The van der Waals surface area contributed by atoms with Crippen molar-refractivity contribution < 1.29 is 27.1 Å². The minimum absolute atomic E-state index is 0.0174. The number of hydrogen-bond acceptors (Lipinski definition) is 3. The number of esters is 1. The van der Waals surface area contributed by atoms with Crippen molar-refractivity contribution in [1.82, 2.24) is 0 Å². The number of hydrogen-bond donors (Lipinski definition) is 0. The minimum Gasteiger partial charge on any atom is -0.465 e. The Morgan fingerprint density at radius 2 is 2.06 bits per heavy atom. The van der Waals surface area contributed by atoms with Crippen LogP contribution in [0, 0.1) is 0 Å². The zero-order valence-electron chi connectivity index (χ0n) is 8.97. The highest BCUT2D eigenvalue weighted by molar-refractivity contribution is 9.10. The summed E-state index contributed by atoms with van der Waals surface area (Å²) in [5.74, 6) is -0.716. The van der Waals surface area contributed by atoms with Crippen molar-refractivity contribution in [2.75, 3.05) is 7.11 Å². The van der Waals surface area contributed by atoms with E-state index in [1.165, 1.54) is 6.07 Å². The van der Waals surface area contributed by atoms with Crippen LogP contribution >= 0.6 is 15.9 Å². The van der Waals surface area contributed by atoms with Crippen LogP contribution in [0.2, 0.25) is 0 Å². The SMILES string of the molecule is COC(=O)c1cc(Br)c2occ(C(F)(F)F)c2c1. The predicted molar refractivity (Wildman–Crippen MR) is 60.3 cm³/mol. The molecule has 0 N–H and O–H groups in total. The summed E-state index contributed by atoms with van der Waals surface area (Å²) >= 11 is 3.06. The molecule has 0 aliphatic rings. The van der Waals surface area contributed by atoms with E-state index < -0.39 is 17.7 Å². The highest BCUT2D eigenvalue weighted by Crippen LogP contribution is 2.39. The van der Waals surface area contributed by atoms with Gasteiger partial charge in [0.15, 0.2) is 0 Å². The largest absolute Gasteiger partial charge is 0.465 e. The van der Waals surface area contributed by atoms with Crippen LogP contribution < -0.4 is 0 Å². The van der Waals surface area contributed by atoms with Gasteiger partial charge in [-0.3, -0.25) is 0 Å². The lowest BCUT2D eigenvalue weighted by Gasteiger charge is -2.05. The fourth-order valence-electron chi connectivity index (χ4n) is 1.55. The maximum absolute atomic E-state index is 12.7. The van der Waals surface area contributed by atoms with Crippen molar-refractivity contribution in [2.24, 2.45) is 0 Å². The molecule has 0 atom stereocenters. The van der Waals surface area contributed by atoms with Crippen LogP contribution in [0.1, 0.15) is 15.9 Å². The summed E-state index contributed by atoms with van der Waals surface area (Å²) in [5, 5.41) is -0.183. The van der Waals surface area contributed by atoms with Gasteiger partial charge >= 0.3 is 12.1 Å². The number of halogens is 4. The molecule has 18 heavy (non-hydrogen) atoms. The highest BCUT2D eigenvalue weighted by atomic mass is 79.9. The molecule has 0 aliphatic carbocycles. The van der Waals surface area contributed by atoms with Crippen molar-refractivity contribution in [3.63, 3.8) is 0 Å². The molecule has 2 aromatic rings. The quantitative estimate of drug-likeness (QED) is 0.745. The van der Waals surface area contributed by atoms with Crippen LogP contribution in [0.15, 0.2) is 27.3 Å². The van der Waals surface area contributed by atoms with E-state index in [2.05, 4.69) is 20.7 Å². The van der Waals surface area contributed by atoms with E-state index in [0.717, 1.165) is 13.2 Å². The van der Waals surface area contributed by atoms with Crippen molar-refractivity contribution >= 4 is 32.9 Å². The van der Waals surface area contributed by atoms with Crippen LogP contribution in [0.3, 0.4) is 0 Å². The third-order valence-electron chi connectivity index (χ3n) is 2.35. The molecular formula is C11H6BrF3O3. The first-order chi connectivity index (χ1) is 8.34. The smallest absolute Gasteiger partial charge is 0.420 e. The van der Waals surface area contributed by atoms with E-state index in [0.29, 0.717) is 6.26 Å². The van der Waals surface area contributed by atoms with Gasteiger partial charge in [-0.2, -0.15) is 13.2 Å². The molecule has 0 spiro atoms. The lowest BCUT2D eigenvalue weighted by molar-refractivity contribution is -0.136. The van der Waals surface area contributed by atoms with E-state index in [1.807, 2.05) is 0 Å². The third kappa shape index (κ3) is 2.10. The molecule has 1 aromatic heterocycles. The van der Waals surface area contributed by atoms with Crippen LogP contribution in [0.5, 0.6) is 0 Å². The molecule has 0 saturated carbocycles. The van der Waals surface area contributed by atoms with Gasteiger partial charge in [0.1, 0.15) is 17.4 Å². The first-order valence-electron chi connectivity index (χ1n) is 4.71. The Balaban J connectivity index is 2.72. The average Bonchev–Trinajstić information content (AvgIpc) is 2.71. The molecule has 0 aliphatic heterocycles. The van der Waals surface area contributed by atoms with Crippen molar-refractivity contribution in [3.8, 4) is 0 Å². The van der Waals surface area contributed by atoms with E-state index >= 15 is 0 Å². The number of carbonyl (C=O) groups is 1. The van der Waals surface area contributed by atoms with Crippen LogP contribution in [-0.4, -0.2) is 13.1 Å². The zero-order valence-corrected chi connectivity index (χ0v) is 10.6. The van der Waals surface area contributed by atoms with Crippen LogP contribution in [0.25, 0.3) is 11.0 Å². The summed E-state index contributed by atoms with van der Waals surface area (Å²) in [6, 6.07) is 2.44. The Hall–Kier alpha value is -1.50. The van der Waals surface area contributed by atoms with E-state index in [4.69, 9.17) is 4.42 Å². The summed E-state index contributed by atoms with van der Waals surface area (Å²) in [7, 11) is 1.15. The molecule has 7 heteroatoms. The number of benzene rings is 1. The summed E-state index contributed by atoms with van der Waals surface area (Å²) in [5.41, 5.74) is -0.872. The molecule has 2 rings (SSSR count). The second-order valence-electron chi connectivity index (χ2n) is 3.47. The molecule has 0 unspecified atom stereocenters. The number of ether oxygens (including phenoxy) is 1. The zero-order chi connectivity index (χ0) is 13.5. The normalized spacial score (nSPS) is 11.8. The Kier molecular flexibility index (Phi) is 3.10. The molecule has 1 heterocycles. The lowest BCUT2D eigenvalue weighted by atomic mass is 10.1. The van der Waals surface area contributed by atoms with E-state index in [-0.39, 0.29) is 21.0 Å². The van der Waals surface area contributed by atoms with Crippen molar-refractivity contribution in [3.05, 3.63) is 34.0 Å². The highest BCUT2D eigenvalue weighted by Gasteiger charge is 2.35. The molecule has 0 fully saturated rings. The number of carbonyl (C=O) groups excluding carboxylic acids is 1. The molecule has 0 bridgehead atoms. The Morgan fingerprint density at radius 1 is 1.39 bits per heavy atom. The number of rotatable bonds is 1. The topological polar surface area (TPSA) is 39.4 Å². The Labute approximate surface area is 108 Å². The summed E-state index contributed by atoms with van der Waals surface area (Å²) in [6.45, 7) is 0. The standard InChI is InChI=1S/C11H6BrF3O3/c1-17-10(16)5-2-6-7(11(13,14)15)4-18-9(6)8(12)3-5/h2-4H,1H3. The molecule has 0 saturated heterocycles. The van der Waals surface area contributed by atoms with Crippen LogP contribution in [0.4, 0.5) is 13.2 Å². The van der Waals surface area contributed by atoms with Gasteiger partial charge < -0.3 is 9.15 Å². The second-order valence-corrected chi connectivity index (χ2v) is 4.33. The van der Waals surface area contributed by atoms with Gasteiger partial charge in [-0.25, -0.2) is 4.79 Å². The van der Waals surface area contributed by atoms with Gasteiger partial charge in [-0.15, -0.1) is 0 Å². The average molecular weight is 323 g/mol. The van der Waals surface area contributed by atoms with E-state index in [9.17, 15) is 18.0 Å². The van der Waals surface area contributed by atoms with Gasteiger partial charge in [0.2, 0.25) is 0 Å². The van der Waals surface area contributed by atoms with Gasteiger partial charge in [0.05, 0.1) is 17.1 Å². The maximum atomic E-state index is 12.7. The molecule has 3 nitrogen and oxygen atoms in total. The monoisotopic (exact) mass is 322 g/mol. The Bertz CT molecular complexity index is 616. The predicted octanol–water partition coefficient (Wildman–Crippen LogP) is 4.00. The first-order valence-corrected chi connectivity index (χ1v) is 5.50. The van der Waals surface area contributed by atoms with Crippen molar-refractivity contribution in [1.29, 1.82) is 0 Å².